The van der Waals surface area contributed by atoms with Gasteiger partial charge in [0.1, 0.15) is 5.75 Å². The highest BCUT2D eigenvalue weighted by molar-refractivity contribution is 14.0. The minimum atomic E-state index is 0. The summed E-state index contributed by atoms with van der Waals surface area (Å²) < 4.78 is 10.2. The molecule has 0 bridgehead atoms. The number of phenolic OH excluding ortho intramolecular Hbond substituents is 1. The summed E-state index contributed by atoms with van der Waals surface area (Å²) in [5, 5.41) is 12.6. The van der Waals surface area contributed by atoms with Crippen molar-refractivity contribution in [3.05, 3.63) is 48.0 Å². The number of rotatable bonds is 6. The largest absolute Gasteiger partial charge is 0.504 e. The summed E-state index contributed by atoms with van der Waals surface area (Å²) in [6, 6.07) is 12.7. The second-order valence-electron chi connectivity index (χ2n) is 4.88. The van der Waals surface area contributed by atoms with E-state index in [0.717, 1.165) is 17.0 Å². The molecule has 0 amide bonds. The Kier molecular flexibility index (Phi) is 8.17. The van der Waals surface area contributed by atoms with Crippen molar-refractivity contribution < 1.29 is 14.6 Å². The Morgan fingerprint density at radius 1 is 1.12 bits per heavy atom. The smallest absolute Gasteiger partial charge is 0.193 e. The number of hydrogen-bond acceptors (Lipinski definition) is 4. The summed E-state index contributed by atoms with van der Waals surface area (Å²) in [6.45, 7) is 0.531. The third kappa shape index (κ3) is 5.80. The van der Waals surface area contributed by atoms with Crippen molar-refractivity contribution in [3.8, 4) is 17.2 Å². The van der Waals surface area contributed by atoms with Crippen molar-refractivity contribution in [3.63, 3.8) is 0 Å². The van der Waals surface area contributed by atoms with Crippen LogP contribution in [0.15, 0.2) is 47.5 Å². The van der Waals surface area contributed by atoms with Crippen LogP contribution in [0.4, 0.5) is 5.69 Å². The van der Waals surface area contributed by atoms with Gasteiger partial charge in [-0.15, -0.1) is 24.0 Å². The van der Waals surface area contributed by atoms with Crippen molar-refractivity contribution in [2.24, 2.45) is 10.7 Å². The molecular weight excluding hydrogens is 421 g/mol. The van der Waals surface area contributed by atoms with E-state index < -0.39 is 0 Å². The molecule has 7 heteroatoms. The van der Waals surface area contributed by atoms with E-state index in [1.165, 1.54) is 7.11 Å². The zero-order chi connectivity index (χ0) is 16.7. The van der Waals surface area contributed by atoms with Gasteiger partial charge in [-0.05, 0) is 48.4 Å². The lowest BCUT2D eigenvalue weighted by Gasteiger charge is -2.07. The Labute approximate surface area is 158 Å². The number of ether oxygens (including phenoxy) is 2. The van der Waals surface area contributed by atoms with Gasteiger partial charge in [0.25, 0.3) is 0 Å². The Morgan fingerprint density at radius 3 is 2.46 bits per heavy atom. The molecule has 0 heterocycles. The summed E-state index contributed by atoms with van der Waals surface area (Å²) >= 11 is 0. The molecule has 2 aromatic rings. The number of nitrogens with zero attached hydrogens (tertiary/aromatic N) is 1. The lowest BCUT2D eigenvalue weighted by atomic mass is 10.1. The summed E-state index contributed by atoms with van der Waals surface area (Å²) in [7, 11) is 3.14. The second-order valence-corrected chi connectivity index (χ2v) is 4.88. The maximum Gasteiger partial charge on any atom is 0.193 e. The molecule has 2 rings (SSSR count). The number of nitrogens with two attached hydrogens (primary N) is 1. The monoisotopic (exact) mass is 443 g/mol. The van der Waals surface area contributed by atoms with Crippen LogP contribution in [-0.4, -0.2) is 31.8 Å². The molecule has 0 spiro atoms. The lowest BCUT2D eigenvalue weighted by Crippen LogP contribution is -2.23. The van der Waals surface area contributed by atoms with Gasteiger partial charge in [-0.1, -0.05) is 6.07 Å². The van der Waals surface area contributed by atoms with E-state index in [1.54, 1.807) is 19.2 Å². The molecule has 0 saturated carbocycles. The number of aromatic hydroxyl groups is 1. The lowest BCUT2D eigenvalue weighted by molar-refractivity contribution is 0.373. The van der Waals surface area contributed by atoms with Gasteiger partial charge in [0.05, 0.1) is 14.2 Å². The van der Waals surface area contributed by atoms with Gasteiger partial charge in [-0.25, -0.2) is 0 Å². The van der Waals surface area contributed by atoms with Crippen LogP contribution >= 0.6 is 24.0 Å². The van der Waals surface area contributed by atoms with Crippen LogP contribution < -0.4 is 20.5 Å². The average Bonchev–Trinajstić information content (AvgIpc) is 2.57. The van der Waals surface area contributed by atoms with Crippen molar-refractivity contribution in [1.82, 2.24) is 0 Å². The Hall–Kier alpha value is -2.16. The fourth-order valence-electron chi connectivity index (χ4n) is 2.04. The number of hydrogen-bond donors (Lipinski definition) is 3. The first kappa shape index (κ1) is 19.9. The standard InChI is InChI=1S/C17H21N3O3.HI/c1-22-14-6-4-13(5-7-14)20-17(18)19-10-9-12-3-8-15(21)16(11-12)23-2;/h3-8,11,21H,9-10H2,1-2H3,(H3,18,19,20);1H. The summed E-state index contributed by atoms with van der Waals surface area (Å²) in [6.07, 6.45) is 0.696. The minimum Gasteiger partial charge on any atom is -0.504 e. The first-order valence-electron chi connectivity index (χ1n) is 7.19. The fourth-order valence-corrected chi connectivity index (χ4v) is 2.04. The van der Waals surface area contributed by atoms with Gasteiger partial charge >= 0.3 is 0 Å². The molecule has 6 nitrogen and oxygen atoms in total. The molecule has 4 N–H and O–H groups in total. The van der Waals surface area contributed by atoms with E-state index >= 15 is 0 Å². The van der Waals surface area contributed by atoms with Crippen LogP contribution in [0.1, 0.15) is 5.56 Å². The number of guanidine groups is 1. The number of nitrogens with one attached hydrogen (secondary N) is 1. The molecular formula is C17H22IN3O3. The molecule has 0 aliphatic rings. The Morgan fingerprint density at radius 2 is 1.83 bits per heavy atom. The maximum absolute atomic E-state index is 9.56. The molecule has 130 valence electrons. The molecule has 0 aromatic heterocycles. The van der Waals surface area contributed by atoms with Gasteiger partial charge in [-0.3, -0.25) is 4.99 Å². The molecule has 0 fully saturated rings. The van der Waals surface area contributed by atoms with Crippen molar-refractivity contribution in [2.45, 2.75) is 6.42 Å². The Balaban J connectivity index is 0.00000288. The van der Waals surface area contributed by atoms with Gasteiger partial charge < -0.3 is 25.6 Å². The van der Waals surface area contributed by atoms with Crippen LogP contribution in [0.3, 0.4) is 0 Å². The first-order chi connectivity index (χ1) is 11.1. The number of benzene rings is 2. The van der Waals surface area contributed by atoms with E-state index in [0.29, 0.717) is 24.7 Å². The molecule has 24 heavy (non-hydrogen) atoms. The number of aliphatic imine (C=N–C) groups is 1. The van der Waals surface area contributed by atoms with E-state index in [2.05, 4.69) is 10.3 Å². The molecule has 0 aliphatic heterocycles. The topological polar surface area (TPSA) is 89.1 Å². The van der Waals surface area contributed by atoms with Gasteiger partial charge in [0.2, 0.25) is 0 Å². The molecule has 0 aliphatic carbocycles. The van der Waals surface area contributed by atoms with E-state index in [1.807, 2.05) is 30.3 Å². The van der Waals surface area contributed by atoms with Crippen LogP contribution in [0, 0.1) is 0 Å². The van der Waals surface area contributed by atoms with Gasteiger partial charge in [0, 0.05) is 12.2 Å². The third-order valence-corrected chi connectivity index (χ3v) is 3.29. The predicted molar refractivity (Wildman–Crippen MR) is 107 cm³/mol. The highest BCUT2D eigenvalue weighted by atomic mass is 127. The number of phenols is 1. The SMILES string of the molecule is COc1ccc(NC(N)=NCCc2ccc(O)c(OC)c2)cc1.I. The van der Waals surface area contributed by atoms with Gasteiger partial charge in [-0.2, -0.15) is 0 Å². The van der Waals surface area contributed by atoms with E-state index in [-0.39, 0.29) is 29.7 Å². The van der Waals surface area contributed by atoms with Gasteiger partial charge in [0.15, 0.2) is 17.5 Å². The first-order valence-corrected chi connectivity index (χ1v) is 7.19. The molecule has 0 saturated heterocycles. The highest BCUT2D eigenvalue weighted by Gasteiger charge is 2.02. The summed E-state index contributed by atoms with van der Waals surface area (Å²) in [4.78, 5) is 4.28. The predicted octanol–water partition coefficient (Wildman–Crippen LogP) is 3.00. The Bertz CT molecular complexity index is 675. The summed E-state index contributed by atoms with van der Waals surface area (Å²) in [5.74, 6) is 1.71. The quantitative estimate of drug-likeness (QED) is 0.363. The van der Waals surface area contributed by atoms with Crippen LogP contribution in [0.2, 0.25) is 0 Å². The number of anilines is 1. The zero-order valence-electron chi connectivity index (χ0n) is 13.7. The van der Waals surface area contributed by atoms with Crippen molar-refractivity contribution in [1.29, 1.82) is 0 Å². The molecule has 0 unspecified atom stereocenters. The molecule has 2 aromatic carbocycles. The third-order valence-electron chi connectivity index (χ3n) is 3.29. The molecule has 0 atom stereocenters. The van der Waals surface area contributed by atoms with Crippen LogP contribution in [-0.2, 0) is 6.42 Å². The van der Waals surface area contributed by atoms with Crippen LogP contribution in [0.25, 0.3) is 0 Å². The average molecular weight is 443 g/mol. The number of halogens is 1. The second kappa shape index (κ2) is 9.86. The fraction of sp³-hybridized carbons (Fsp3) is 0.235. The zero-order valence-corrected chi connectivity index (χ0v) is 16.0. The van der Waals surface area contributed by atoms with Crippen molar-refractivity contribution in [2.75, 3.05) is 26.1 Å². The normalized spacial score (nSPS) is 10.7. The number of methoxy groups -OCH3 is 2. The highest BCUT2D eigenvalue weighted by Crippen LogP contribution is 2.26. The van der Waals surface area contributed by atoms with Crippen LogP contribution in [0.5, 0.6) is 17.2 Å². The summed E-state index contributed by atoms with van der Waals surface area (Å²) in [5.41, 5.74) is 7.72. The van der Waals surface area contributed by atoms with Crippen molar-refractivity contribution >= 4 is 35.6 Å². The minimum absolute atomic E-state index is 0. The van der Waals surface area contributed by atoms with E-state index in [9.17, 15) is 5.11 Å². The molecule has 0 radical (unpaired) electrons. The van der Waals surface area contributed by atoms with E-state index in [4.69, 9.17) is 15.2 Å². The maximum atomic E-state index is 9.56.